The van der Waals surface area contributed by atoms with Crippen molar-refractivity contribution in [2.45, 2.75) is 19.8 Å². The van der Waals surface area contributed by atoms with Gasteiger partial charge in [0, 0.05) is 18.5 Å². The SMILES string of the molecule is CC(CO)CCCNC(=O)c1csc(-c2ccco2)n1. The minimum Gasteiger partial charge on any atom is -0.462 e. The molecule has 0 aliphatic carbocycles. The summed E-state index contributed by atoms with van der Waals surface area (Å²) < 4.78 is 5.24. The third-order valence-corrected chi connectivity index (χ3v) is 3.80. The van der Waals surface area contributed by atoms with Crippen LogP contribution in [-0.4, -0.2) is 29.1 Å². The highest BCUT2D eigenvalue weighted by Gasteiger charge is 2.12. The molecule has 0 aromatic carbocycles. The molecule has 0 aliphatic heterocycles. The van der Waals surface area contributed by atoms with E-state index >= 15 is 0 Å². The molecular formula is C14H18N2O3S. The summed E-state index contributed by atoms with van der Waals surface area (Å²) in [6.45, 7) is 2.77. The van der Waals surface area contributed by atoms with Gasteiger partial charge in [-0.25, -0.2) is 4.98 Å². The van der Waals surface area contributed by atoms with Crippen LogP contribution in [0.15, 0.2) is 28.2 Å². The third kappa shape index (κ3) is 3.91. The monoisotopic (exact) mass is 294 g/mol. The molecule has 0 radical (unpaired) electrons. The van der Waals surface area contributed by atoms with E-state index in [1.54, 1.807) is 17.7 Å². The number of nitrogens with one attached hydrogen (secondary N) is 1. The second-order valence-electron chi connectivity index (χ2n) is 4.70. The number of carbonyl (C=O) groups excluding carboxylic acids is 1. The Labute approximate surface area is 121 Å². The number of thiazole rings is 1. The van der Waals surface area contributed by atoms with Crippen LogP contribution in [0.4, 0.5) is 0 Å². The van der Waals surface area contributed by atoms with Gasteiger partial charge in [0.25, 0.3) is 5.91 Å². The molecule has 20 heavy (non-hydrogen) atoms. The highest BCUT2D eigenvalue weighted by molar-refractivity contribution is 7.13. The van der Waals surface area contributed by atoms with Gasteiger partial charge in [0.15, 0.2) is 10.8 Å². The van der Waals surface area contributed by atoms with Crippen LogP contribution in [-0.2, 0) is 0 Å². The first kappa shape index (κ1) is 14.7. The highest BCUT2D eigenvalue weighted by Crippen LogP contribution is 2.23. The molecule has 108 valence electrons. The van der Waals surface area contributed by atoms with E-state index in [9.17, 15) is 4.79 Å². The van der Waals surface area contributed by atoms with Gasteiger partial charge in [0.05, 0.1) is 6.26 Å². The Morgan fingerprint density at radius 1 is 1.60 bits per heavy atom. The van der Waals surface area contributed by atoms with Crippen LogP contribution in [0.5, 0.6) is 0 Å². The van der Waals surface area contributed by atoms with Gasteiger partial charge >= 0.3 is 0 Å². The molecule has 1 amide bonds. The van der Waals surface area contributed by atoms with E-state index in [1.807, 2.05) is 13.0 Å². The standard InChI is InChI=1S/C14H18N2O3S/c1-10(8-17)4-2-6-15-13(18)11-9-20-14(16-11)12-5-3-7-19-12/h3,5,7,9-10,17H,2,4,6,8H2,1H3,(H,15,18). The zero-order valence-electron chi connectivity index (χ0n) is 11.3. The van der Waals surface area contributed by atoms with Crippen molar-refractivity contribution in [1.82, 2.24) is 10.3 Å². The second-order valence-corrected chi connectivity index (χ2v) is 5.56. The van der Waals surface area contributed by atoms with Gasteiger partial charge in [-0.1, -0.05) is 6.92 Å². The third-order valence-electron chi connectivity index (χ3n) is 2.94. The summed E-state index contributed by atoms with van der Waals surface area (Å²) >= 11 is 1.38. The van der Waals surface area contributed by atoms with Gasteiger partial charge in [-0.05, 0) is 30.9 Å². The van der Waals surface area contributed by atoms with Crippen LogP contribution >= 0.6 is 11.3 Å². The van der Waals surface area contributed by atoms with Crippen LogP contribution < -0.4 is 5.32 Å². The highest BCUT2D eigenvalue weighted by atomic mass is 32.1. The minimum atomic E-state index is -0.171. The van der Waals surface area contributed by atoms with Crippen molar-refractivity contribution in [1.29, 1.82) is 0 Å². The second kappa shape index (κ2) is 7.21. The van der Waals surface area contributed by atoms with Crippen molar-refractivity contribution >= 4 is 17.2 Å². The molecule has 1 unspecified atom stereocenters. The number of aliphatic hydroxyl groups is 1. The van der Waals surface area contributed by atoms with Gasteiger partial charge in [0.1, 0.15) is 5.69 Å². The van der Waals surface area contributed by atoms with E-state index in [0.29, 0.717) is 23.0 Å². The zero-order valence-corrected chi connectivity index (χ0v) is 12.2. The lowest BCUT2D eigenvalue weighted by molar-refractivity contribution is 0.0948. The Morgan fingerprint density at radius 2 is 2.45 bits per heavy atom. The number of aliphatic hydroxyl groups excluding tert-OH is 1. The van der Waals surface area contributed by atoms with Crippen molar-refractivity contribution < 1.29 is 14.3 Å². The van der Waals surface area contributed by atoms with Gasteiger partial charge in [-0.15, -0.1) is 11.3 Å². The lowest BCUT2D eigenvalue weighted by atomic mass is 10.1. The normalized spacial score (nSPS) is 12.3. The number of hydrogen-bond donors (Lipinski definition) is 2. The van der Waals surface area contributed by atoms with Gasteiger partial charge in [0.2, 0.25) is 0 Å². The maximum absolute atomic E-state index is 11.9. The molecule has 5 nitrogen and oxygen atoms in total. The van der Waals surface area contributed by atoms with Crippen LogP contribution in [0.25, 0.3) is 10.8 Å². The van der Waals surface area contributed by atoms with Gasteiger partial charge < -0.3 is 14.8 Å². The average molecular weight is 294 g/mol. The van der Waals surface area contributed by atoms with E-state index in [0.717, 1.165) is 12.8 Å². The lowest BCUT2D eigenvalue weighted by Crippen LogP contribution is -2.25. The molecule has 2 rings (SSSR count). The van der Waals surface area contributed by atoms with Crippen LogP contribution in [0.1, 0.15) is 30.3 Å². The van der Waals surface area contributed by atoms with Crippen LogP contribution in [0.3, 0.4) is 0 Å². The van der Waals surface area contributed by atoms with Crippen LogP contribution in [0, 0.1) is 5.92 Å². The number of carbonyl (C=O) groups is 1. The fourth-order valence-electron chi connectivity index (χ4n) is 1.73. The summed E-state index contributed by atoms with van der Waals surface area (Å²) in [4.78, 5) is 16.2. The summed E-state index contributed by atoms with van der Waals surface area (Å²) in [5.74, 6) is 0.776. The zero-order chi connectivity index (χ0) is 14.4. The predicted octanol–water partition coefficient (Wildman–Crippen LogP) is 2.54. The molecule has 0 fully saturated rings. The van der Waals surface area contributed by atoms with Crippen molar-refractivity contribution in [3.63, 3.8) is 0 Å². The molecule has 0 saturated carbocycles. The number of nitrogens with zero attached hydrogens (tertiary/aromatic N) is 1. The van der Waals surface area contributed by atoms with Gasteiger partial charge in [-0.3, -0.25) is 4.79 Å². The van der Waals surface area contributed by atoms with Crippen LogP contribution in [0.2, 0.25) is 0 Å². The number of furan rings is 1. The van der Waals surface area contributed by atoms with Crippen molar-refractivity contribution in [3.05, 3.63) is 29.5 Å². The van der Waals surface area contributed by atoms with Crippen molar-refractivity contribution in [3.8, 4) is 10.8 Å². The molecule has 0 bridgehead atoms. The summed E-state index contributed by atoms with van der Waals surface area (Å²) in [5.41, 5.74) is 0.414. The molecule has 0 spiro atoms. The van der Waals surface area contributed by atoms with Crippen molar-refractivity contribution in [2.24, 2.45) is 5.92 Å². The van der Waals surface area contributed by atoms with E-state index in [4.69, 9.17) is 9.52 Å². The first-order chi connectivity index (χ1) is 9.70. The maximum atomic E-state index is 11.9. The van der Waals surface area contributed by atoms with E-state index in [2.05, 4.69) is 10.3 Å². The first-order valence-electron chi connectivity index (χ1n) is 6.59. The summed E-state index contributed by atoms with van der Waals surface area (Å²) in [6, 6.07) is 3.61. The molecule has 0 saturated heterocycles. The molecular weight excluding hydrogens is 276 g/mol. The molecule has 2 N–H and O–H groups in total. The van der Waals surface area contributed by atoms with E-state index in [-0.39, 0.29) is 18.4 Å². The molecule has 0 aliphatic rings. The Balaban J connectivity index is 1.81. The fourth-order valence-corrected chi connectivity index (χ4v) is 2.49. The molecule has 1 atom stereocenters. The number of aromatic nitrogens is 1. The largest absolute Gasteiger partial charge is 0.462 e. The number of hydrogen-bond acceptors (Lipinski definition) is 5. The Hall–Kier alpha value is -1.66. The fraction of sp³-hybridized carbons (Fsp3) is 0.429. The molecule has 2 aromatic heterocycles. The average Bonchev–Trinajstić information content (AvgIpc) is 3.12. The summed E-state index contributed by atoms with van der Waals surface area (Å²) in [7, 11) is 0. The van der Waals surface area contributed by atoms with Gasteiger partial charge in [-0.2, -0.15) is 0 Å². The van der Waals surface area contributed by atoms with Crippen molar-refractivity contribution in [2.75, 3.05) is 13.2 Å². The number of rotatable bonds is 7. The smallest absolute Gasteiger partial charge is 0.270 e. The van der Waals surface area contributed by atoms with E-state index < -0.39 is 0 Å². The number of amides is 1. The topological polar surface area (TPSA) is 75.4 Å². The Bertz CT molecular complexity index is 536. The first-order valence-corrected chi connectivity index (χ1v) is 7.47. The predicted molar refractivity (Wildman–Crippen MR) is 77.6 cm³/mol. The Kier molecular flexibility index (Phi) is 5.31. The Morgan fingerprint density at radius 3 is 3.15 bits per heavy atom. The van der Waals surface area contributed by atoms with E-state index in [1.165, 1.54) is 11.3 Å². The summed E-state index contributed by atoms with van der Waals surface area (Å²) in [5, 5.41) is 14.2. The lowest BCUT2D eigenvalue weighted by Gasteiger charge is -2.07. The maximum Gasteiger partial charge on any atom is 0.270 e. The minimum absolute atomic E-state index is 0.171. The molecule has 6 heteroatoms. The molecule has 2 aromatic rings. The molecule has 2 heterocycles. The quantitative estimate of drug-likeness (QED) is 0.769. The summed E-state index contributed by atoms with van der Waals surface area (Å²) in [6.07, 6.45) is 3.33.